The number of unbranched alkanes of at least 4 members (excludes halogenated alkanes) is 3. The summed E-state index contributed by atoms with van der Waals surface area (Å²) in [6.07, 6.45) is 7.52. The van der Waals surface area contributed by atoms with E-state index in [1.54, 1.807) is 0 Å². The van der Waals surface area contributed by atoms with Crippen LogP contribution in [0.4, 0.5) is 0 Å². The maximum absolute atomic E-state index is 5.62. The molecule has 0 amide bonds. The number of hydrogen-bond acceptors (Lipinski definition) is 2. The summed E-state index contributed by atoms with van der Waals surface area (Å²) in [5, 5.41) is 3.54. The lowest BCUT2D eigenvalue weighted by Gasteiger charge is -2.22. The van der Waals surface area contributed by atoms with Crippen molar-refractivity contribution >= 4 is 11.6 Å². The highest BCUT2D eigenvalue weighted by Crippen LogP contribution is 2.13. The van der Waals surface area contributed by atoms with Crippen LogP contribution in [0.15, 0.2) is 0 Å². The summed E-state index contributed by atoms with van der Waals surface area (Å²) in [5.41, 5.74) is 0. The number of nitrogens with one attached hydrogen (secondary N) is 1. The molecule has 15 heavy (non-hydrogen) atoms. The second kappa shape index (κ2) is 9.44. The molecule has 0 radical (unpaired) electrons. The third-order valence-electron chi connectivity index (χ3n) is 3.01. The molecular weight excluding hydrogens is 210 g/mol. The maximum atomic E-state index is 5.62. The second-order valence-corrected chi connectivity index (χ2v) is 4.74. The van der Waals surface area contributed by atoms with Gasteiger partial charge >= 0.3 is 0 Å². The number of ether oxygens (including phenoxy) is 1. The fourth-order valence-electron chi connectivity index (χ4n) is 1.95. The topological polar surface area (TPSA) is 21.3 Å². The summed E-state index contributed by atoms with van der Waals surface area (Å²) in [6.45, 7) is 4.27. The van der Waals surface area contributed by atoms with Crippen molar-refractivity contribution in [3.05, 3.63) is 0 Å². The van der Waals surface area contributed by atoms with Crippen LogP contribution < -0.4 is 5.32 Å². The highest BCUT2D eigenvalue weighted by molar-refractivity contribution is 6.17. The third-order valence-corrected chi connectivity index (χ3v) is 3.28. The Labute approximate surface area is 98.7 Å². The fourth-order valence-corrected chi connectivity index (χ4v) is 2.14. The largest absolute Gasteiger partial charge is 0.381 e. The van der Waals surface area contributed by atoms with Crippen molar-refractivity contribution in [2.24, 2.45) is 5.92 Å². The summed E-state index contributed by atoms with van der Waals surface area (Å²) in [5.74, 6) is 1.66. The quantitative estimate of drug-likeness (QED) is 0.514. The Hall–Kier alpha value is 0.210. The van der Waals surface area contributed by atoms with Crippen molar-refractivity contribution in [1.82, 2.24) is 5.32 Å². The van der Waals surface area contributed by atoms with E-state index in [4.69, 9.17) is 16.3 Å². The SMILES string of the molecule is ClCCCCCCNCC1CCOCC1. The minimum atomic E-state index is 0.815. The Morgan fingerprint density at radius 2 is 1.80 bits per heavy atom. The molecule has 1 heterocycles. The van der Waals surface area contributed by atoms with Gasteiger partial charge in [-0.05, 0) is 44.7 Å². The van der Waals surface area contributed by atoms with Crippen LogP contribution in [0.5, 0.6) is 0 Å². The molecule has 1 aliphatic rings. The van der Waals surface area contributed by atoms with Gasteiger partial charge in [-0.2, -0.15) is 0 Å². The molecular formula is C12H24ClNO. The summed E-state index contributed by atoms with van der Waals surface area (Å²) in [4.78, 5) is 0. The molecule has 0 spiro atoms. The zero-order chi connectivity index (χ0) is 10.8. The van der Waals surface area contributed by atoms with Gasteiger partial charge in [0.15, 0.2) is 0 Å². The number of alkyl halides is 1. The van der Waals surface area contributed by atoms with E-state index >= 15 is 0 Å². The second-order valence-electron chi connectivity index (χ2n) is 4.36. The summed E-state index contributed by atoms with van der Waals surface area (Å²) in [6, 6.07) is 0. The highest BCUT2D eigenvalue weighted by Gasteiger charge is 2.12. The first-order valence-electron chi connectivity index (χ1n) is 6.28. The van der Waals surface area contributed by atoms with Crippen LogP contribution in [0.25, 0.3) is 0 Å². The van der Waals surface area contributed by atoms with Gasteiger partial charge in [-0.15, -0.1) is 11.6 Å². The average molecular weight is 234 g/mol. The van der Waals surface area contributed by atoms with Gasteiger partial charge in [0.25, 0.3) is 0 Å². The molecule has 0 aromatic heterocycles. The Morgan fingerprint density at radius 3 is 2.53 bits per heavy atom. The molecule has 0 bridgehead atoms. The lowest BCUT2D eigenvalue weighted by Crippen LogP contribution is -2.28. The summed E-state index contributed by atoms with van der Waals surface area (Å²) >= 11 is 5.62. The predicted molar refractivity (Wildman–Crippen MR) is 65.6 cm³/mol. The van der Waals surface area contributed by atoms with Crippen LogP contribution in [-0.2, 0) is 4.74 Å². The van der Waals surface area contributed by atoms with E-state index in [1.165, 1.54) is 51.6 Å². The minimum absolute atomic E-state index is 0.815. The Morgan fingerprint density at radius 1 is 1.07 bits per heavy atom. The summed E-state index contributed by atoms with van der Waals surface area (Å²) in [7, 11) is 0. The van der Waals surface area contributed by atoms with E-state index in [0.717, 1.165) is 25.0 Å². The monoisotopic (exact) mass is 233 g/mol. The molecule has 0 aliphatic carbocycles. The average Bonchev–Trinajstić information content (AvgIpc) is 2.29. The molecule has 0 saturated carbocycles. The molecule has 0 atom stereocenters. The molecule has 0 aromatic rings. The van der Waals surface area contributed by atoms with Gasteiger partial charge in [0, 0.05) is 19.1 Å². The number of halogens is 1. The molecule has 1 fully saturated rings. The van der Waals surface area contributed by atoms with E-state index in [0.29, 0.717) is 0 Å². The molecule has 1 aliphatic heterocycles. The van der Waals surface area contributed by atoms with Crippen LogP contribution in [0.2, 0.25) is 0 Å². The van der Waals surface area contributed by atoms with Gasteiger partial charge in [0.05, 0.1) is 0 Å². The van der Waals surface area contributed by atoms with Gasteiger partial charge in [-0.25, -0.2) is 0 Å². The molecule has 0 unspecified atom stereocenters. The predicted octanol–water partition coefficient (Wildman–Crippen LogP) is 2.80. The van der Waals surface area contributed by atoms with Gasteiger partial charge < -0.3 is 10.1 Å². The Kier molecular flexibility index (Phi) is 8.35. The van der Waals surface area contributed by atoms with Gasteiger partial charge in [0.2, 0.25) is 0 Å². The molecule has 90 valence electrons. The van der Waals surface area contributed by atoms with E-state index in [-0.39, 0.29) is 0 Å². The smallest absolute Gasteiger partial charge is 0.0469 e. The summed E-state index contributed by atoms with van der Waals surface area (Å²) < 4.78 is 5.33. The van der Waals surface area contributed by atoms with Crippen molar-refractivity contribution in [2.45, 2.75) is 38.5 Å². The normalized spacial score (nSPS) is 18.2. The van der Waals surface area contributed by atoms with Gasteiger partial charge in [-0.1, -0.05) is 12.8 Å². The number of hydrogen-bond donors (Lipinski definition) is 1. The Balaban J connectivity index is 1.79. The van der Waals surface area contributed by atoms with E-state index < -0.39 is 0 Å². The van der Waals surface area contributed by atoms with Crippen LogP contribution in [0.1, 0.15) is 38.5 Å². The standard InChI is InChI=1S/C12H24ClNO/c13-7-3-1-2-4-8-14-11-12-5-9-15-10-6-12/h12,14H,1-11H2. The van der Waals surface area contributed by atoms with Crippen LogP contribution in [0, 0.1) is 5.92 Å². The Bertz CT molecular complexity index is 138. The molecule has 2 nitrogen and oxygen atoms in total. The van der Waals surface area contributed by atoms with Crippen LogP contribution >= 0.6 is 11.6 Å². The van der Waals surface area contributed by atoms with Crippen molar-refractivity contribution in [3.8, 4) is 0 Å². The first kappa shape index (κ1) is 13.3. The van der Waals surface area contributed by atoms with Crippen molar-refractivity contribution in [3.63, 3.8) is 0 Å². The lowest BCUT2D eigenvalue weighted by atomic mass is 10.0. The van der Waals surface area contributed by atoms with Crippen LogP contribution in [-0.4, -0.2) is 32.2 Å². The maximum Gasteiger partial charge on any atom is 0.0469 e. The molecule has 3 heteroatoms. The molecule has 1 N–H and O–H groups in total. The minimum Gasteiger partial charge on any atom is -0.381 e. The van der Waals surface area contributed by atoms with Crippen LogP contribution in [0.3, 0.4) is 0 Å². The molecule has 1 rings (SSSR count). The fraction of sp³-hybridized carbons (Fsp3) is 1.00. The molecule has 0 aromatic carbocycles. The van der Waals surface area contributed by atoms with Gasteiger partial charge in [-0.3, -0.25) is 0 Å². The van der Waals surface area contributed by atoms with Gasteiger partial charge in [0.1, 0.15) is 0 Å². The molecule has 1 saturated heterocycles. The van der Waals surface area contributed by atoms with Crippen molar-refractivity contribution in [1.29, 1.82) is 0 Å². The highest BCUT2D eigenvalue weighted by atomic mass is 35.5. The zero-order valence-corrected chi connectivity index (χ0v) is 10.4. The zero-order valence-electron chi connectivity index (χ0n) is 9.64. The van der Waals surface area contributed by atoms with Crippen molar-refractivity contribution in [2.75, 3.05) is 32.2 Å². The van der Waals surface area contributed by atoms with E-state index in [2.05, 4.69) is 5.32 Å². The third kappa shape index (κ3) is 7.15. The van der Waals surface area contributed by atoms with E-state index in [1.807, 2.05) is 0 Å². The first-order chi connectivity index (χ1) is 7.43. The number of rotatable bonds is 8. The lowest BCUT2D eigenvalue weighted by molar-refractivity contribution is 0.0663. The first-order valence-corrected chi connectivity index (χ1v) is 6.81. The van der Waals surface area contributed by atoms with Crippen molar-refractivity contribution < 1.29 is 4.74 Å². The van der Waals surface area contributed by atoms with E-state index in [9.17, 15) is 0 Å².